The fourth-order valence-electron chi connectivity index (χ4n) is 3.78. The van der Waals surface area contributed by atoms with Crippen LogP contribution in [-0.4, -0.2) is 83.6 Å². The summed E-state index contributed by atoms with van der Waals surface area (Å²) in [7, 11) is 1.82. The molecule has 0 aliphatic carbocycles. The van der Waals surface area contributed by atoms with Gasteiger partial charge in [-0.1, -0.05) is 6.07 Å². The maximum atomic E-state index is 12.3. The van der Waals surface area contributed by atoms with Gasteiger partial charge < -0.3 is 30.3 Å². The summed E-state index contributed by atoms with van der Waals surface area (Å²) >= 11 is 0. The number of hydrogen-bond acceptors (Lipinski definition) is 7. The first-order chi connectivity index (χ1) is 16.2. The molecule has 2 aromatic rings. The zero-order valence-corrected chi connectivity index (χ0v) is 18.4. The first kappa shape index (κ1) is 25.7. The lowest BCUT2D eigenvalue weighted by Gasteiger charge is -2.30. The van der Waals surface area contributed by atoms with E-state index in [0.29, 0.717) is 13.0 Å². The number of pyridine rings is 1. The molecule has 0 spiro atoms. The van der Waals surface area contributed by atoms with Crippen molar-refractivity contribution in [1.82, 2.24) is 15.2 Å². The minimum absolute atomic E-state index is 0.0350. The summed E-state index contributed by atoms with van der Waals surface area (Å²) in [4.78, 5) is 18.5. The van der Waals surface area contributed by atoms with E-state index in [9.17, 15) is 28.2 Å². The molecule has 4 atom stereocenters. The number of aliphatic hydroxyl groups is 2. The van der Waals surface area contributed by atoms with Gasteiger partial charge in [-0.25, -0.2) is 4.79 Å². The third-order valence-electron chi connectivity index (χ3n) is 5.41. The molecule has 2 heterocycles. The van der Waals surface area contributed by atoms with E-state index in [2.05, 4.69) is 20.4 Å². The molecular formula is C22H27F3N4O5. The van der Waals surface area contributed by atoms with Gasteiger partial charge in [-0.2, -0.15) is 0 Å². The molecule has 0 radical (unpaired) electrons. The average molecular weight is 484 g/mol. The summed E-state index contributed by atoms with van der Waals surface area (Å²) in [5.74, 6) is -0.404. The number of ether oxygens (including phenoxy) is 2. The van der Waals surface area contributed by atoms with Crippen molar-refractivity contribution in [2.75, 3.05) is 32.1 Å². The summed E-state index contributed by atoms with van der Waals surface area (Å²) < 4.78 is 46.3. The van der Waals surface area contributed by atoms with Crippen molar-refractivity contribution < 1.29 is 37.7 Å². The smallest absolute Gasteiger partial charge is 0.406 e. The molecule has 9 nitrogen and oxygen atoms in total. The molecule has 1 saturated heterocycles. The van der Waals surface area contributed by atoms with Crippen LogP contribution >= 0.6 is 0 Å². The quantitative estimate of drug-likeness (QED) is 0.429. The Morgan fingerprint density at radius 1 is 1.21 bits per heavy atom. The highest BCUT2D eigenvalue weighted by atomic mass is 19.4. The number of anilines is 1. The van der Waals surface area contributed by atoms with E-state index >= 15 is 0 Å². The van der Waals surface area contributed by atoms with Gasteiger partial charge >= 0.3 is 12.4 Å². The Balaban J connectivity index is 1.54. The highest BCUT2D eigenvalue weighted by Crippen LogP contribution is 2.26. The van der Waals surface area contributed by atoms with E-state index in [4.69, 9.17) is 4.74 Å². The Bertz CT molecular complexity index is 917. The van der Waals surface area contributed by atoms with Crippen molar-refractivity contribution in [1.29, 1.82) is 0 Å². The molecule has 4 N–H and O–H groups in total. The van der Waals surface area contributed by atoms with Crippen LogP contribution < -0.4 is 15.4 Å². The first-order valence-electron chi connectivity index (χ1n) is 10.6. The van der Waals surface area contributed by atoms with Gasteiger partial charge in [-0.15, -0.1) is 13.2 Å². The Hall–Kier alpha value is -2.93. The lowest BCUT2D eigenvalue weighted by molar-refractivity contribution is -0.274. The number of amides is 2. The second-order valence-electron chi connectivity index (χ2n) is 7.84. The average Bonchev–Trinajstić information content (AvgIpc) is 3.12. The number of aromatic nitrogens is 1. The summed E-state index contributed by atoms with van der Waals surface area (Å²) in [6.45, 7) is 0.226. The molecule has 1 aliphatic heterocycles. The minimum atomic E-state index is -4.80. The molecular weight excluding hydrogens is 457 g/mol. The highest BCUT2D eigenvalue weighted by molar-refractivity contribution is 5.89. The number of hydrogen-bond donors (Lipinski definition) is 4. The molecule has 1 aromatic carbocycles. The molecule has 12 heteroatoms. The third kappa shape index (κ3) is 7.29. The van der Waals surface area contributed by atoms with E-state index in [0.717, 1.165) is 17.8 Å². The zero-order valence-electron chi connectivity index (χ0n) is 18.4. The Labute approximate surface area is 194 Å². The van der Waals surface area contributed by atoms with Crippen LogP contribution in [0.15, 0.2) is 48.7 Å². The van der Waals surface area contributed by atoms with Crippen LogP contribution in [0.1, 0.15) is 5.69 Å². The number of nitrogens with one attached hydrogen (secondary N) is 2. The van der Waals surface area contributed by atoms with Crippen LogP contribution in [0.2, 0.25) is 0 Å². The van der Waals surface area contributed by atoms with Crippen molar-refractivity contribution >= 4 is 11.7 Å². The van der Waals surface area contributed by atoms with Gasteiger partial charge in [-0.05, 0) is 43.4 Å². The fraction of sp³-hybridized carbons (Fsp3) is 0.455. The van der Waals surface area contributed by atoms with Gasteiger partial charge in [-0.3, -0.25) is 9.88 Å². The first-order valence-corrected chi connectivity index (χ1v) is 10.6. The lowest BCUT2D eigenvalue weighted by Crippen LogP contribution is -2.50. The molecule has 34 heavy (non-hydrogen) atoms. The minimum Gasteiger partial charge on any atom is -0.406 e. The summed E-state index contributed by atoms with van der Waals surface area (Å²) in [5, 5.41) is 25.3. The van der Waals surface area contributed by atoms with Gasteiger partial charge in [0.1, 0.15) is 18.0 Å². The molecule has 1 aliphatic rings. The van der Waals surface area contributed by atoms with Gasteiger partial charge in [0, 0.05) is 37.1 Å². The van der Waals surface area contributed by atoms with Gasteiger partial charge in [0.15, 0.2) is 0 Å². The van der Waals surface area contributed by atoms with Crippen LogP contribution in [-0.2, 0) is 11.2 Å². The van der Waals surface area contributed by atoms with Crippen LogP contribution in [0.4, 0.5) is 23.7 Å². The van der Waals surface area contributed by atoms with Gasteiger partial charge in [0.25, 0.3) is 0 Å². The van der Waals surface area contributed by atoms with E-state index < -0.39 is 42.5 Å². The maximum absolute atomic E-state index is 12.3. The number of carbonyl (C=O) groups is 1. The Kier molecular flexibility index (Phi) is 8.67. The zero-order chi connectivity index (χ0) is 24.7. The van der Waals surface area contributed by atoms with Crippen molar-refractivity contribution in [2.24, 2.45) is 0 Å². The molecule has 2 amide bonds. The Morgan fingerprint density at radius 3 is 2.56 bits per heavy atom. The third-order valence-corrected chi connectivity index (χ3v) is 5.41. The Morgan fingerprint density at radius 2 is 1.94 bits per heavy atom. The predicted molar refractivity (Wildman–Crippen MR) is 116 cm³/mol. The molecule has 0 saturated carbocycles. The number of nitrogens with zero attached hydrogens (tertiary/aromatic N) is 2. The molecule has 0 unspecified atom stereocenters. The highest BCUT2D eigenvalue weighted by Gasteiger charge is 2.45. The number of benzene rings is 1. The maximum Gasteiger partial charge on any atom is 0.573 e. The van der Waals surface area contributed by atoms with Crippen LogP contribution in [0.25, 0.3) is 0 Å². The number of halogens is 3. The van der Waals surface area contributed by atoms with Crippen molar-refractivity contribution in [3.05, 3.63) is 54.4 Å². The lowest BCUT2D eigenvalue weighted by atomic mass is 10.0. The molecule has 1 aromatic heterocycles. The van der Waals surface area contributed by atoms with E-state index in [-0.39, 0.29) is 18.8 Å². The SMILES string of the molecule is CN(CCc1ccccn1)[C@@H]1[C@H](O)[C@H](CO)O[C@@H]1CNC(=O)Nc1ccc(OC(F)(F)F)cc1. The second kappa shape index (κ2) is 11.5. The van der Waals surface area contributed by atoms with E-state index in [1.54, 1.807) is 6.20 Å². The molecule has 1 fully saturated rings. The molecule has 186 valence electrons. The summed E-state index contributed by atoms with van der Waals surface area (Å²) in [6, 6.07) is 9.22. The monoisotopic (exact) mass is 484 g/mol. The molecule has 3 rings (SSSR count). The van der Waals surface area contributed by atoms with Crippen molar-refractivity contribution in [2.45, 2.75) is 37.1 Å². The number of likely N-dealkylation sites (N-methyl/N-ethyl adjacent to an activating group) is 1. The standard InChI is InChI=1S/C22H27F3N4O5/c1-29(11-9-14-4-2-3-10-26-14)19-17(33-18(13-30)20(19)31)12-27-21(32)28-15-5-7-16(8-6-15)34-22(23,24)25/h2-8,10,17-20,30-31H,9,11-13H2,1H3,(H2,27,28,32)/t17-,18+,19+,20-/m1/s1. The van der Waals surface area contributed by atoms with Crippen molar-refractivity contribution in [3.8, 4) is 5.75 Å². The van der Waals surface area contributed by atoms with Gasteiger partial charge in [0.2, 0.25) is 0 Å². The molecule has 0 bridgehead atoms. The number of urea groups is 1. The normalized spacial score (nSPS) is 22.6. The van der Waals surface area contributed by atoms with E-state index in [1.807, 2.05) is 30.1 Å². The van der Waals surface area contributed by atoms with Crippen LogP contribution in [0.5, 0.6) is 5.75 Å². The topological polar surface area (TPSA) is 116 Å². The summed E-state index contributed by atoms with van der Waals surface area (Å²) in [6.07, 6.45) is -4.82. The van der Waals surface area contributed by atoms with E-state index in [1.165, 1.54) is 12.1 Å². The fourth-order valence-corrected chi connectivity index (χ4v) is 3.78. The number of alkyl halides is 3. The van der Waals surface area contributed by atoms with Crippen LogP contribution in [0, 0.1) is 0 Å². The number of carbonyl (C=O) groups excluding carboxylic acids is 1. The predicted octanol–water partition coefficient (Wildman–Crippen LogP) is 1.77. The number of aliphatic hydroxyl groups excluding tert-OH is 2. The second-order valence-corrected chi connectivity index (χ2v) is 7.84. The van der Waals surface area contributed by atoms with Gasteiger partial charge in [0.05, 0.1) is 18.8 Å². The largest absolute Gasteiger partial charge is 0.573 e. The van der Waals surface area contributed by atoms with Crippen LogP contribution in [0.3, 0.4) is 0 Å². The van der Waals surface area contributed by atoms with Crippen molar-refractivity contribution in [3.63, 3.8) is 0 Å². The summed E-state index contributed by atoms with van der Waals surface area (Å²) in [5.41, 5.74) is 1.15. The number of rotatable bonds is 9.